The zero-order valence-electron chi connectivity index (χ0n) is 6.93. The molecule has 2 nitrogen and oxygen atoms in total. The van der Waals surface area contributed by atoms with E-state index in [4.69, 9.17) is 0 Å². The number of ketones is 2. The maximum Gasteiger partial charge on any atom is 0.143 e. The van der Waals surface area contributed by atoms with E-state index < -0.39 is 0 Å². The van der Waals surface area contributed by atoms with Crippen molar-refractivity contribution in [2.24, 2.45) is 5.92 Å². The Bertz CT molecular complexity index is 164. The highest BCUT2D eigenvalue weighted by Gasteiger charge is 2.26. The van der Waals surface area contributed by atoms with E-state index >= 15 is 0 Å². The standard InChI is InChI=1S/C9H14O2/c1-2-8(10)7-5-3-4-6-9(7)11/h7H,2-6H2,1H3. The lowest BCUT2D eigenvalue weighted by atomic mass is 9.84. The molecule has 0 radical (unpaired) electrons. The van der Waals surface area contributed by atoms with E-state index in [9.17, 15) is 9.59 Å². The van der Waals surface area contributed by atoms with Gasteiger partial charge in [-0.05, 0) is 12.8 Å². The molecule has 1 fully saturated rings. The molecule has 0 bridgehead atoms. The molecule has 0 spiro atoms. The van der Waals surface area contributed by atoms with Gasteiger partial charge in [0.15, 0.2) is 0 Å². The van der Waals surface area contributed by atoms with E-state index in [1.807, 2.05) is 6.92 Å². The van der Waals surface area contributed by atoms with Gasteiger partial charge in [-0.3, -0.25) is 9.59 Å². The monoisotopic (exact) mass is 154 g/mol. The summed E-state index contributed by atoms with van der Waals surface area (Å²) >= 11 is 0. The van der Waals surface area contributed by atoms with Gasteiger partial charge < -0.3 is 0 Å². The van der Waals surface area contributed by atoms with Gasteiger partial charge in [0.2, 0.25) is 0 Å². The minimum Gasteiger partial charge on any atom is -0.299 e. The lowest BCUT2D eigenvalue weighted by molar-refractivity contribution is -0.134. The molecule has 1 saturated carbocycles. The molecule has 0 aromatic carbocycles. The molecule has 0 heterocycles. The van der Waals surface area contributed by atoms with Crippen molar-refractivity contribution in [2.75, 3.05) is 0 Å². The minimum absolute atomic E-state index is 0.134. The summed E-state index contributed by atoms with van der Waals surface area (Å²) in [7, 11) is 0. The van der Waals surface area contributed by atoms with E-state index in [1.165, 1.54) is 0 Å². The van der Waals surface area contributed by atoms with Gasteiger partial charge in [-0.25, -0.2) is 0 Å². The first kappa shape index (κ1) is 8.44. The molecule has 1 unspecified atom stereocenters. The van der Waals surface area contributed by atoms with Crippen LogP contribution in [0.2, 0.25) is 0 Å². The molecule has 0 saturated heterocycles. The van der Waals surface area contributed by atoms with Gasteiger partial charge in [0.1, 0.15) is 11.6 Å². The van der Waals surface area contributed by atoms with Gasteiger partial charge in [-0.1, -0.05) is 13.3 Å². The first-order chi connectivity index (χ1) is 5.25. The molecule has 1 rings (SSSR count). The largest absolute Gasteiger partial charge is 0.299 e. The lowest BCUT2D eigenvalue weighted by Gasteiger charge is -2.18. The van der Waals surface area contributed by atoms with Crippen molar-refractivity contribution in [1.29, 1.82) is 0 Å². The van der Waals surface area contributed by atoms with Crippen LogP contribution >= 0.6 is 0 Å². The molecule has 0 amide bonds. The topological polar surface area (TPSA) is 34.1 Å². The Morgan fingerprint density at radius 3 is 2.82 bits per heavy atom. The summed E-state index contributed by atoms with van der Waals surface area (Å²) in [5.74, 6) is 0.0616. The Morgan fingerprint density at radius 2 is 2.27 bits per heavy atom. The van der Waals surface area contributed by atoms with Crippen molar-refractivity contribution in [1.82, 2.24) is 0 Å². The van der Waals surface area contributed by atoms with Crippen molar-refractivity contribution in [3.63, 3.8) is 0 Å². The fraction of sp³-hybridized carbons (Fsp3) is 0.778. The van der Waals surface area contributed by atoms with Gasteiger partial charge >= 0.3 is 0 Å². The zero-order valence-corrected chi connectivity index (χ0v) is 6.93. The van der Waals surface area contributed by atoms with E-state index in [2.05, 4.69) is 0 Å². The molecule has 0 aromatic rings. The van der Waals surface area contributed by atoms with E-state index in [0.717, 1.165) is 19.3 Å². The predicted octanol–water partition coefficient (Wildman–Crippen LogP) is 1.72. The average molecular weight is 154 g/mol. The molecule has 1 atom stereocenters. The average Bonchev–Trinajstić information content (AvgIpc) is 2.04. The van der Waals surface area contributed by atoms with E-state index in [-0.39, 0.29) is 17.5 Å². The van der Waals surface area contributed by atoms with Crippen LogP contribution in [-0.2, 0) is 9.59 Å². The summed E-state index contributed by atoms with van der Waals surface area (Å²) in [5, 5.41) is 0. The van der Waals surface area contributed by atoms with Crippen LogP contribution in [0.5, 0.6) is 0 Å². The number of rotatable bonds is 2. The van der Waals surface area contributed by atoms with E-state index in [0.29, 0.717) is 12.8 Å². The second-order valence-electron chi connectivity index (χ2n) is 3.08. The number of hydrogen-bond acceptors (Lipinski definition) is 2. The first-order valence-electron chi connectivity index (χ1n) is 4.31. The fourth-order valence-electron chi connectivity index (χ4n) is 1.57. The summed E-state index contributed by atoms with van der Waals surface area (Å²) < 4.78 is 0. The number of carbonyl (C=O) groups excluding carboxylic acids is 2. The fourth-order valence-corrected chi connectivity index (χ4v) is 1.57. The van der Waals surface area contributed by atoms with Crippen LogP contribution in [0.3, 0.4) is 0 Å². The van der Waals surface area contributed by atoms with Crippen LogP contribution in [0.1, 0.15) is 39.0 Å². The third kappa shape index (κ3) is 1.88. The quantitative estimate of drug-likeness (QED) is 0.567. The molecule has 62 valence electrons. The van der Waals surface area contributed by atoms with Crippen LogP contribution in [0, 0.1) is 5.92 Å². The normalized spacial score (nSPS) is 25.2. The molecule has 1 aliphatic rings. The smallest absolute Gasteiger partial charge is 0.143 e. The first-order valence-corrected chi connectivity index (χ1v) is 4.31. The summed E-state index contributed by atoms with van der Waals surface area (Å²) in [6.07, 6.45) is 3.95. The Hall–Kier alpha value is -0.660. The van der Waals surface area contributed by atoms with Gasteiger partial charge in [-0.2, -0.15) is 0 Å². The SMILES string of the molecule is CCC(=O)C1CCCCC1=O. The second kappa shape index (κ2) is 3.65. The molecule has 0 aromatic heterocycles. The predicted molar refractivity (Wildman–Crippen MR) is 42.3 cm³/mol. The molecule has 2 heteroatoms. The molecule has 0 N–H and O–H groups in total. The van der Waals surface area contributed by atoms with Gasteiger partial charge in [-0.15, -0.1) is 0 Å². The molecule has 11 heavy (non-hydrogen) atoms. The summed E-state index contributed by atoms with van der Waals surface area (Å²) in [6.45, 7) is 1.82. The van der Waals surface area contributed by atoms with Crippen LogP contribution < -0.4 is 0 Å². The third-order valence-electron chi connectivity index (χ3n) is 2.29. The van der Waals surface area contributed by atoms with Crippen molar-refractivity contribution < 1.29 is 9.59 Å². The summed E-state index contributed by atoms with van der Waals surface area (Å²) in [5.41, 5.74) is 0. The van der Waals surface area contributed by atoms with Gasteiger partial charge in [0.25, 0.3) is 0 Å². The maximum absolute atomic E-state index is 11.2. The highest BCUT2D eigenvalue weighted by Crippen LogP contribution is 2.21. The Labute approximate surface area is 67.0 Å². The van der Waals surface area contributed by atoms with Crippen LogP contribution in [0.25, 0.3) is 0 Å². The number of carbonyl (C=O) groups is 2. The summed E-state index contributed by atoms with van der Waals surface area (Å²) in [6, 6.07) is 0. The summed E-state index contributed by atoms with van der Waals surface area (Å²) in [4.78, 5) is 22.3. The molecule has 1 aliphatic carbocycles. The highest BCUT2D eigenvalue weighted by molar-refractivity contribution is 6.02. The van der Waals surface area contributed by atoms with Gasteiger partial charge in [0.05, 0.1) is 5.92 Å². The van der Waals surface area contributed by atoms with Crippen molar-refractivity contribution >= 4 is 11.6 Å². The van der Waals surface area contributed by atoms with E-state index in [1.54, 1.807) is 0 Å². The Kier molecular flexibility index (Phi) is 2.80. The molecular weight excluding hydrogens is 140 g/mol. The zero-order chi connectivity index (χ0) is 8.27. The number of hydrogen-bond donors (Lipinski definition) is 0. The van der Waals surface area contributed by atoms with Crippen molar-refractivity contribution in [3.05, 3.63) is 0 Å². The highest BCUT2D eigenvalue weighted by atomic mass is 16.1. The Morgan fingerprint density at radius 1 is 1.55 bits per heavy atom. The second-order valence-corrected chi connectivity index (χ2v) is 3.08. The maximum atomic E-state index is 11.2. The van der Waals surface area contributed by atoms with Crippen LogP contribution in [-0.4, -0.2) is 11.6 Å². The van der Waals surface area contributed by atoms with Crippen LogP contribution in [0.15, 0.2) is 0 Å². The van der Waals surface area contributed by atoms with Gasteiger partial charge in [0, 0.05) is 12.8 Å². The Balaban J connectivity index is 2.54. The van der Waals surface area contributed by atoms with Crippen LogP contribution in [0.4, 0.5) is 0 Å². The minimum atomic E-state index is -0.242. The molecule has 0 aliphatic heterocycles. The molecular formula is C9H14O2. The third-order valence-corrected chi connectivity index (χ3v) is 2.29. The number of Topliss-reactive ketones (excluding diaryl/α,β-unsaturated/α-hetero) is 2. The lowest BCUT2D eigenvalue weighted by Crippen LogP contribution is -2.26. The van der Waals surface area contributed by atoms with Crippen molar-refractivity contribution in [2.45, 2.75) is 39.0 Å². The van der Waals surface area contributed by atoms with Crippen molar-refractivity contribution in [3.8, 4) is 0 Å².